The van der Waals surface area contributed by atoms with Crippen molar-refractivity contribution in [3.05, 3.63) is 66.0 Å². The number of rotatable bonds is 7. The van der Waals surface area contributed by atoms with Crippen molar-refractivity contribution in [3.8, 4) is 0 Å². The monoisotopic (exact) mass is 297 g/mol. The van der Waals surface area contributed by atoms with Crippen LogP contribution in [0.2, 0.25) is 0 Å². The van der Waals surface area contributed by atoms with Crippen LogP contribution in [0.15, 0.2) is 54.9 Å². The molecule has 0 aliphatic heterocycles. The van der Waals surface area contributed by atoms with Gasteiger partial charge in [-0.1, -0.05) is 30.3 Å². The van der Waals surface area contributed by atoms with Gasteiger partial charge in [0.1, 0.15) is 0 Å². The number of nitrogens with one attached hydrogen (secondary N) is 1. The van der Waals surface area contributed by atoms with E-state index in [-0.39, 0.29) is 6.03 Å². The zero-order chi connectivity index (χ0) is 15.6. The Kier molecular flexibility index (Phi) is 6.42. The first-order valence-corrected chi connectivity index (χ1v) is 7.75. The predicted molar refractivity (Wildman–Crippen MR) is 88.7 cm³/mol. The Morgan fingerprint density at radius 1 is 1.05 bits per heavy atom. The number of nitrogens with zero attached hydrogens (tertiary/aromatic N) is 2. The Labute approximate surface area is 132 Å². The van der Waals surface area contributed by atoms with E-state index in [4.69, 9.17) is 0 Å². The van der Waals surface area contributed by atoms with E-state index >= 15 is 0 Å². The van der Waals surface area contributed by atoms with Crippen LogP contribution in [-0.4, -0.2) is 35.5 Å². The SMILES string of the molecule is CCN(CCc1ccncc1)C(=O)NCCc1ccccc1. The molecule has 2 rings (SSSR count). The summed E-state index contributed by atoms with van der Waals surface area (Å²) in [5, 5.41) is 2.99. The van der Waals surface area contributed by atoms with Gasteiger partial charge in [0, 0.05) is 32.0 Å². The molecule has 4 heteroatoms. The molecule has 116 valence electrons. The van der Waals surface area contributed by atoms with Crippen LogP contribution < -0.4 is 5.32 Å². The predicted octanol–water partition coefficient (Wildman–Crippen LogP) is 2.90. The fourth-order valence-electron chi connectivity index (χ4n) is 2.29. The van der Waals surface area contributed by atoms with Crippen molar-refractivity contribution >= 4 is 6.03 Å². The Morgan fingerprint density at radius 3 is 2.41 bits per heavy atom. The second-order valence-electron chi connectivity index (χ2n) is 5.15. The lowest BCUT2D eigenvalue weighted by Crippen LogP contribution is -2.41. The minimum absolute atomic E-state index is 0.00693. The number of amides is 2. The molecule has 0 fully saturated rings. The van der Waals surface area contributed by atoms with E-state index in [9.17, 15) is 4.79 Å². The normalized spacial score (nSPS) is 10.2. The van der Waals surface area contributed by atoms with E-state index in [2.05, 4.69) is 22.4 Å². The summed E-state index contributed by atoms with van der Waals surface area (Å²) in [6.45, 7) is 4.10. The standard InChI is InChI=1S/C18H23N3O/c1-2-21(15-11-17-8-12-19-13-9-17)18(22)20-14-10-16-6-4-3-5-7-16/h3-9,12-13H,2,10-11,14-15H2,1H3,(H,20,22). The van der Waals surface area contributed by atoms with Gasteiger partial charge in [0.2, 0.25) is 0 Å². The molecule has 2 aromatic rings. The van der Waals surface area contributed by atoms with Crippen LogP contribution in [0.3, 0.4) is 0 Å². The quantitative estimate of drug-likeness (QED) is 0.854. The summed E-state index contributed by atoms with van der Waals surface area (Å²) < 4.78 is 0. The molecule has 22 heavy (non-hydrogen) atoms. The average molecular weight is 297 g/mol. The van der Waals surface area contributed by atoms with E-state index in [1.165, 1.54) is 11.1 Å². The van der Waals surface area contributed by atoms with Gasteiger partial charge < -0.3 is 10.2 Å². The number of carbonyl (C=O) groups is 1. The van der Waals surface area contributed by atoms with E-state index < -0.39 is 0 Å². The van der Waals surface area contributed by atoms with Gasteiger partial charge in [-0.2, -0.15) is 0 Å². The number of pyridine rings is 1. The van der Waals surface area contributed by atoms with Crippen molar-refractivity contribution < 1.29 is 4.79 Å². The molecule has 0 saturated carbocycles. The molecule has 0 spiro atoms. The first kappa shape index (κ1) is 16.0. The van der Waals surface area contributed by atoms with Crippen LogP contribution >= 0.6 is 0 Å². The third-order valence-electron chi connectivity index (χ3n) is 3.62. The highest BCUT2D eigenvalue weighted by atomic mass is 16.2. The van der Waals surface area contributed by atoms with Gasteiger partial charge in [-0.25, -0.2) is 4.79 Å². The molecular formula is C18H23N3O. The maximum Gasteiger partial charge on any atom is 0.317 e. The highest BCUT2D eigenvalue weighted by Crippen LogP contribution is 2.01. The van der Waals surface area contributed by atoms with Gasteiger partial charge in [0.15, 0.2) is 0 Å². The van der Waals surface area contributed by atoms with Crippen molar-refractivity contribution in [1.82, 2.24) is 15.2 Å². The van der Waals surface area contributed by atoms with Crippen LogP contribution in [0.25, 0.3) is 0 Å². The fourth-order valence-corrected chi connectivity index (χ4v) is 2.29. The molecular weight excluding hydrogens is 274 g/mol. The smallest absolute Gasteiger partial charge is 0.317 e. The molecule has 4 nitrogen and oxygen atoms in total. The number of benzene rings is 1. The molecule has 1 aromatic carbocycles. The summed E-state index contributed by atoms with van der Waals surface area (Å²) in [6, 6.07) is 14.2. The molecule has 0 saturated heterocycles. The average Bonchev–Trinajstić information content (AvgIpc) is 2.57. The summed E-state index contributed by atoms with van der Waals surface area (Å²) in [7, 11) is 0. The first-order valence-electron chi connectivity index (χ1n) is 7.75. The van der Waals surface area contributed by atoms with Crippen LogP contribution in [-0.2, 0) is 12.8 Å². The van der Waals surface area contributed by atoms with Crippen LogP contribution in [0.4, 0.5) is 4.79 Å². The first-order chi connectivity index (χ1) is 10.8. The molecule has 0 aliphatic carbocycles. The lowest BCUT2D eigenvalue weighted by Gasteiger charge is -2.21. The summed E-state index contributed by atoms with van der Waals surface area (Å²) in [5.74, 6) is 0. The minimum Gasteiger partial charge on any atom is -0.338 e. The second-order valence-corrected chi connectivity index (χ2v) is 5.15. The molecule has 0 radical (unpaired) electrons. The number of hydrogen-bond donors (Lipinski definition) is 1. The van der Waals surface area contributed by atoms with Crippen LogP contribution in [0, 0.1) is 0 Å². The number of hydrogen-bond acceptors (Lipinski definition) is 2. The molecule has 0 unspecified atom stereocenters. The van der Waals surface area contributed by atoms with Crippen LogP contribution in [0.5, 0.6) is 0 Å². The van der Waals surface area contributed by atoms with Crippen molar-refractivity contribution in [2.24, 2.45) is 0 Å². The minimum atomic E-state index is 0.00693. The van der Waals surface area contributed by atoms with E-state index in [1.807, 2.05) is 42.2 Å². The molecule has 1 aromatic heterocycles. The lowest BCUT2D eigenvalue weighted by molar-refractivity contribution is 0.201. The van der Waals surface area contributed by atoms with Gasteiger partial charge in [0.25, 0.3) is 0 Å². The second kappa shape index (κ2) is 8.82. The summed E-state index contributed by atoms with van der Waals surface area (Å²) >= 11 is 0. The summed E-state index contributed by atoms with van der Waals surface area (Å²) in [5.41, 5.74) is 2.44. The topological polar surface area (TPSA) is 45.2 Å². The van der Waals surface area contributed by atoms with Gasteiger partial charge >= 0.3 is 6.03 Å². The third kappa shape index (κ3) is 5.20. The lowest BCUT2D eigenvalue weighted by atomic mass is 10.1. The molecule has 0 bridgehead atoms. The van der Waals surface area contributed by atoms with E-state index in [0.29, 0.717) is 13.1 Å². The number of carbonyl (C=O) groups excluding carboxylic acids is 1. The Balaban J connectivity index is 1.74. The van der Waals surface area contributed by atoms with Gasteiger partial charge in [-0.15, -0.1) is 0 Å². The largest absolute Gasteiger partial charge is 0.338 e. The maximum atomic E-state index is 12.2. The molecule has 1 heterocycles. The molecule has 1 N–H and O–H groups in total. The van der Waals surface area contributed by atoms with Gasteiger partial charge in [-0.05, 0) is 43.0 Å². The highest BCUT2D eigenvalue weighted by molar-refractivity contribution is 5.74. The summed E-state index contributed by atoms with van der Waals surface area (Å²) in [4.78, 5) is 18.0. The maximum absolute atomic E-state index is 12.2. The van der Waals surface area contributed by atoms with Crippen LogP contribution in [0.1, 0.15) is 18.1 Å². The van der Waals surface area contributed by atoms with Gasteiger partial charge in [0.05, 0.1) is 0 Å². The third-order valence-corrected chi connectivity index (χ3v) is 3.62. The Bertz CT molecular complexity index is 557. The van der Waals surface area contributed by atoms with Crippen molar-refractivity contribution in [3.63, 3.8) is 0 Å². The molecule has 0 aliphatic rings. The fraction of sp³-hybridized carbons (Fsp3) is 0.333. The Hall–Kier alpha value is -2.36. The Morgan fingerprint density at radius 2 is 1.73 bits per heavy atom. The highest BCUT2D eigenvalue weighted by Gasteiger charge is 2.10. The van der Waals surface area contributed by atoms with E-state index in [0.717, 1.165) is 19.4 Å². The number of likely N-dealkylation sites (N-methyl/N-ethyl adjacent to an activating group) is 1. The van der Waals surface area contributed by atoms with E-state index in [1.54, 1.807) is 12.4 Å². The molecule has 0 atom stereocenters. The zero-order valence-electron chi connectivity index (χ0n) is 13.0. The van der Waals surface area contributed by atoms with Crippen molar-refractivity contribution in [1.29, 1.82) is 0 Å². The van der Waals surface area contributed by atoms with Crippen molar-refractivity contribution in [2.45, 2.75) is 19.8 Å². The molecule has 2 amide bonds. The number of aromatic nitrogens is 1. The number of urea groups is 1. The van der Waals surface area contributed by atoms with Gasteiger partial charge in [-0.3, -0.25) is 4.98 Å². The van der Waals surface area contributed by atoms with Crippen molar-refractivity contribution in [2.75, 3.05) is 19.6 Å². The zero-order valence-corrected chi connectivity index (χ0v) is 13.0. The summed E-state index contributed by atoms with van der Waals surface area (Å²) in [6.07, 6.45) is 5.27.